The summed E-state index contributed by atoms with van der Waals surface area (Å²) >= 11 is 0. The van der Waals surface area contributed by atoms with Gasteiger partial charge in [-0.05, 0) is 54.6 Å². The van der Waals surface area contributed by atoms with Gasteiger partial charge >= 0.3 is 0 Å². The van der Waals surface area contributed by atoms with Gasteiger partial charge in [0.05, 0.1) is 25.7 Å². The number of hydrogen-bond donors (Lipinski definition) is 0. The second-order valence-corrected chi connectivity index (χ2v) is 16.5. The van der Waals surface area contributed by atoms with E-state index in [9.17, 15) is 0 Å². The molecule has 1 aliphatic heterocycles. The lowest BCUT2D eigenvalue weighted by atomic mass is 9.76. The number of hydrogen-bond acceptors (Lipinski definition) is 5. The van der Waals surface area contributed by atoms with E-state index >= 15 is 0 Å². The van der Waals surface area contributed by atoms with E-state index in [-0.39, 0.29) is 12.2 Å². The van der Waals surface area contributed by atoms with Gasteiger partial charge in [0.25, 0.3) is 0 Å². The zero-order valence-electron chi connectivity index (χ0n) is 24.0. The fourth-order valence-corrected chi connectivity index (χ4v) is 11.6. The van der Waals surface area contributed by atoms with Crippen LogP contribution >= 0.6 is 0 Å². The minimum atomic E-state index is -2.05. The van der Waals surface area contributed by atoms with Crippen LogP contribution in [0.4, 0.5) is 0 Å². The molecule has 1 aromatic rings. The smallest absolute Gasteiger partial charge is 0.200 e. The Morgan fingerprint density at radius 2 is 1.60 bits per heavy atom. The zero-order chi connectivity index (χ0) is 26.4. The molecule has 1 saturated heterocycles. The lowest BCUT2D eigenvalue weighted by Gasteiger charge is -2.43. The van der Waals surface area contributed by atoms with Crippen LogP contribution in [0.15, 0.2) is 35.9 Å². The number of ether oxygens (including phenoxy) is 4. The third-order valence-electron chi connectivity index (χ3n) is 8.08. The van der Waals surface area contributed by atoms with Crippen LogP contribution in [0.3, 0.4) is 0 Å². The van der Waals surface area contributed by atoms with Crippen LogP contribution in [0.2, 0.25) is 16.6 Å². The van der Waals surface area contributed by atoms with Gasteiger partial charge in [-0.15, -0.1) is 0 Å². The van der Waals surface area contributed by atoms with Gasteiger partial charge < -0.3 is 23.4 Å². The van der Waals surface area contributed by atoms with Crippen LogP contribution < -0.4 is 4.74 Å². The first-order chi connectivity index (χ1) is 16.5. The average molecular weight is 507 g/mol. The van der Waals surface area contributed by atoms with Crippen molar-refractivity contribution in [3.8, 4) is 5.75 Å². The maximum atomic E-state index is 6.98. The second kappa shape index (κ2) is 12.9. The Balaban J connectivity index is 2.38. The maximum Gasteiger partial charge on any atom is 0.200 e. The Morgan fingerprint density at radius 3 is 2.06 bits per heavy atom. The summed E-state index contributed by atoms with van der Waals surface area (Å²) in [6, 6.07) is 8.04. The largest absolute Gasteiger partial charge is 0.497 e. The molecular weight excluding hydrogens is 456 g/mol. The second-order valence-electron chi connectivity index (χ2n) is 11.0. The number of methoxy groups -OCH3 is 2. The molecule has 200 valence electrons. The molecule has 4 atom stereocenters. The Hall–Kier alpha value is -1.18. The maximum absolute atomic E-state index is 6.98. The molecule has 1 aromatic carbocycles. The van der Waals surface area contributed by atoms with E-state index in [1.165, 1.54) is 5.57 Å². The number of allylic oxidation sites excluding steroid dienone is 1. The first kappa shape index (κ1) is 30.0. The van der Waals surface area contributed by atoms with Crippen LogP contribution in [0.1, 0.15) is 74.3 Å². The molecule has 1 aliphatic rings. The molecule has 1 fully saturated rings. The Morgan fingerprint density at radius 1 is 1.03 bits per heavy atom. The summed E-state index contributed by atoms with van der Waals surface area (Å²) in [7, 11) is 1.36. The fourth-order valence-electron chi connectivity index (χ4n) is 6.17. The summed E-state index contributed by atoms with van der Waals surface area (Å²) in [4.78, 5) is 0. The van der Waals surface area contributed by atoms with Gasteiger partial charge in [-0.2, -0.15) is 0 Å². The number of benzene rings is 1. The van der Waals surface area contributed by atoms with Crippen molar-refractivity contribution in [3.63, 3.8) is 0 Å². The van der Waals surface area contributed by atoms with Crippen molar-refractivity contribution >= 4 is 8.32 Å². The van der Waals surface area contributed by atoms with Crippen LogP contribution in [0.25, 0.3) is 0 Å². The van der Waals surface area contributed by atoms with Gasteiger partial charge in [0, 0.05) is 7.11 Å². The van der Waals surface area contributed by atoms with Crippen molar-refractivity contribution in [2.24, 2.45) is 5.41 Å². The van der Waals surface area contributed by atoms with Gasteiger partial charge in [0.15, 0.2) is 14.6 Å². The SMILES string of the molecule is CC/C=C(\C)[C@]1(C)C(OC)O[C@H](CO[Si](C(C)C)(C(C)C)C(C)C)[C@@H]1OCc1ccc(OC)cc1. The quantitative estimate of drug-likeness (QED) is 0.205. The summed E-state index contributed by atoms with van der Waals surface area (Å²) in [6.45, 7) is 21.4. The summed E-state index contributed by atoms with van der Waals surface area (Å²) < 4.78 is 31.4. The van der Waals surface area contributed by atoms with E-state index in [1.807, 2.05) is 24.3 Å². The van der Waals surface area contributed by atoms with Gasteiger partial charge in [-0.1, -0.05) is 72.2 Å². The molecule has 1 heterocycles. The van der Waals surface area contributed by atoms with E-state index in [2.05, 4.69) is 68.4 Å². The molecule has 0 N–H and O–H groups in total. The van der Waals surface area contributed by atoms with Gasteiger partial charge in [0.2, 0.25) is 0 Å². The first-order valence-electron chi connectivity index (χ1n) is 13.2. The van der Waals surface area contributed by atoms with Crippen molar-refractivity contribution in [2.45, 2.75) is 110 Å². The highest BCUT2D eigenvalue weighted by Crippen LogP contribution is 2.48. The third-order valence-corrected chi connectivity index (χ3v) is 14.2. The highest BCUT2D eigenvalue weighted by molar-refractivity contribution is 6.77. The predicted molar refractivity (Wildman–Crippen MR) is 146 cm³/mol. The molecule has 0 saturated carbocycles. The average Bonchev–Trinajstić information content (AvgIpc) is 3.09. The molecule has 5 nitrogen and oxygen atoms in total. The van der Waals surface area contributed by atoms with Crippen molar-refractivity contribution in [1.29, 1.82) is 0 Å². The molecule has 0 amide bonds. The first-order valence-corrected chi connectivity index (χ1v) is 15.4. The van der Waals surface area contributed by atoms with Gasteiger partial charge in [0.1, 0.15) is 18.0 Å². The highest BCUT2D eigenvalue weighted by Gasteiger charge is 2.57. The topological polar surface area (TPSA) is 46.2 Å². The molecular formula is C29H50O5Si. The van der Waals surface area contributed by atoms with E-state index in [0.29, 0.717) is 29.8 Å². The molecule has 2 rings (SSSR count). The van der Waals surface area contributed by atoms with Crippen LogP contribution in [0, 0.1) is 5.41 Å². The molecule has 0 aliphatic carbocycles. The summed E-state index contributed by atoms with van der Waals surface area (Å²) in [6.07, 6.45) is 2.40. The minimum absolute atomic E-state index is 0.199. The Labute approximate surface area is 215 Å². The standard InChI is InChI=1S/C29H50O5Si/c1-12-13-23(8)29(9)27(32-18-24-14-16-25(30-10)17-15-24)26(34-28(29)31-11)19-33-35(20(2)3,21(4)5)22(6)7/h13-17,20-22,26-28H,12,18-19H2,1-11H3/b23-13+/t26-,27+,28?,29+/m1/s1. The van der Waals surface area contributed by atoms with Crippen molar-refractivity contribution in [2.75, 3.05) is 20.8 Å². The lowest BCUT2D eigenvalue weighted by molar-refractivity contribution is -0.150. The molecule has 35 heavy (non-hydrogen) atoms. The van der Waals surface area contributed by atoms with Crippen LogP contribution in [-0.4, -0.2) is 47.6 Å². The van der Waals surface area contributed by atoms with E-state index in [0.717, 1.165) is 17.7 Å². The Kier molecular flexibility index (Phi) is 11.0. The summed E-state index contributed by atoms with van der Waals surface area (Å²) in [5, 5.41) is 0. The number of rotatable bonds is 13. The molecule has 0 bridgehead atoms. The van der Waals surface area contributed by atoms with E-state index in [1.54, 1.807) is 14.2 Å². The predicted octanol–water partition coefficient (Wildman–Crippen LogP) is 7.51. The Bertz CT molecular complexity index is 782. The third kappa shape index (κ3) is 6.21. The molecule has 0 spiro atoms. The van der Waals surface area contributed by atoms with Crippen LogP contribution in [-0.2, 0) is 25.2 Å². The summed E-state index contributed by atoms with van der Waals surface area (Å²) in [5.41, 5.74) is 3.44. The molecule has 1 unspecified atom stereocenters. The molecule has 0 radical (unpaired) electrons. The monoisotopic (exact) mass is 506 g/mol. The minimum Gasteiger partial charge on any atom is -0.497 e. The normalized spacial score (nSPS) is 25.8. The van der Waals surface area contributed by atoms with Crippen molar-refractivity contribution in [1.82, 2.24) is 0 Å². The van der Waals surface area contributed by atoms with Crippen LogP contribution in [0.5, 0.6) is 5.75 Å². The van der Waals surface area contributed by atoms with E-state index in [4.69, 9.17) is 23.4 Å². The molecule has 0 aromatic heterocycles. The van der Waals surface area contributed by atoms with E-state index < -0.39 is 20.0 Å². The van der Waals surface area contributed by atoms with Crippen molar-refractivity contribution in [3.05, 3.63) is 41.5 Å². The van der Waals surface area contributed by atoms with Crippen molar-refractivity contribution < 1.29 is 23.4 Å². The molecule has 6 heteroatoms. The lowest BCUT2D eigenvalue weighted by Crippen LogP contribution is -2.50. The van der Waals surface area contributed by atoms with Gasteiger partial charge in [-0.25, -0.2) is 0 Å². The summed E-state index contributed by atoms with van der Waals surface area (Å²) in [5.74, 6) is 0.840. The fraction of sp³-hybridized carbons (Fsp3) is 0.724. The highest BCUT2D eigenvalue weighted by atomic mass is 28.4. The zero-order valence-corrected chi connectivity index (χ0v) is 25.0. The van der Waals surface area contributed by atoms with Gasteiger partial charge in [-0.3, -0.25) is 0 Å².